The lowest BCUT2D eigenvalue weighted by molar-refractivity contribution is 0.332. The van der Waals surface area contributed by atoms with Crippen LogP contribution in [0.5, 0.6) is 0 Å². The van der Waals surface area contributed by atoms with Crippen LogP contribution >= 0.6 is 0 Å². The summed E-state index contributed by atoms with van der Waals surface area (Å²) in [7, 11) is 0. The molecule has 0 aliphatic heterocycles. The maximum Gasteiger partial charge on any atom is 0.235 e. The fourth-order valence-electron chi connectivity index (χ4n) is 1.56. The molecule has 2 nitrogen and oxygen atoms in total. The Morgan fingerprint density at radius 3 is 2.70 bits per heavy atom. The smallest absolute Gasteiger partial charge is 0.211 e. The van der Waals surface area contributed by atoms with Gasteiger partial charge in [0, 0.05) is 0 Å². The standard InChI is InChI=1S/C8H13NO/c1-7-4-2-3-5-8(7)9-6-10/h7-8H,2-5H2,1H3/t7-,8-/m0/s1. The zero-order valence-corrected chi connectivity index (χ0v) is 6.34. The number of aliphatic imine (C=N–C) groups is 1. The molecule has 0 amide bonds. The van der Waals surface area contributed by atoms with Crippen LogP contribution < -0.4 is 0 Å². The third kappa shape index (κ3) is 1.68. The second-order valence-corrected chi connectivity index (χ2v) is 3.05. The first-order valence-corrected chi connectivity index (χ1v) is 3.91. The Bertz CT molecular complexity index is 149. The number of hydrogen-bond acceptors (Lipinski definition) is 2. The van der Waals surface area contributed by atoms with Crippen LogP contribution in [-0.4, -0.2) is 12.1 Å². The first-order valence-electron chi connectivity index (χ1n) is 3.91. The largest absolute Gasteiger partial charge is 0.235 e. The molecular formula is C8H13NO. The van der Waals surface area contributed by atoms with E-state index in [0.29, 0.717) is 5.92 Å². The molecule has 2 heteroatoms. The molecule has 1 aliphatic rings. The Morgan fingerprint density at radius 2 is 2.10 bits per heavy atom. The Hall–Kier alpha value is -0.620. The van der Waals surface area contributed by atoms with Gasteiger partial charge in [0.1, 0.15) is 0 Å². The van der Waals surface area contributed by atoms with E-state index in [9.17, 15) is 4.79 Å². The lowest BCUT2D eigenvalue weighted by Gasteiger charge is -2.23. The van der Waals surface area contributed by atoms with E-state index in [2.05, 4.69) is 11.9 Å². The molecule has 1 fully saturated rings. The van der Waals surface area contributed by atoms with Crippen molar-refractivity contribution < 1.29 is 4.79 Å². The van der Waals surface area contributed by atoms with Gasteiger partial charge in [-0.2, -0.15) is 0 Å². The van der Waals surface area contributed by atoms with Gasteiger partial charge < -0.3 is 0 Å². The fraction of sp³-hybridized carbons (Fsp3) is 0.875. The van der Waals surface area contributed by atoms with E-state index in [-0.39, 0.29) is 6.04 Å². The second-order valence-electron chi connectivity index (χ2n) is 3.05. The maximum atomic E-state index is 9.93. The Balaban J connectivity index is 2.47. The first-order chi connectivity index (χ1) is 4.84. The van der Waals surface area contributed by atoms with Crippen LogP contribution in [0.2, 0.25) is 0 Å². The van der Waals surface area contributed by atoms with E-state index in [1.54, 1.807) is 6.08 Å². The summed E-state index contributed by atoms with van der Waals surface area (Å²) < 4.78 is 0. The van der Waals surface area contributed by atoms with Gasteiger partial charge in [-0.3, -0.25) is 0 Å². The van der Waals surface area contributed by atoms with Crippen LogP contribution in [0.25, 0.3) is 0 Å². The summed E-state index contributed by atoms with van der Waals surface area (Å²) in [6, 6.07) is 0.270. The molecule has 0 bridgehead atoms. The van der Waals surface area contributed by atoms with Gasteiger partial charge in [-0.25, -0.2) is 9.79 Å². The summed E-state index contributed by atoms with van der Waals surface area (Å²) in [6.45, 7) is 2.16. The fourth-order valence-corrected chi connectivity index (χ4v) is 1.56. The highest BCUT2D eigenvalue weighted by Gasteiger charge is 2.19. The van der Waals surface area contributed by atoms with E-state index in [0.717, 1.165) is 6.42 Å². The van der Waals surface area contributed by atoms with Crippen LogP contribution in [0.1, 0.15) is 32.6 Å². The van der Waals surface area contributed by atoms with Crippen molar-refractivity contribution in [2.24, 2.45) is 10.9 Å². The summed E-state index contributed by atoms with van der Waals surface area (Å²) in [5.41, 5.74) is 0. The van der Waals surface area contributed by atoms with Crippen molar-refractivity contribution in [2.75, 3.05) is 0 Å². The number of isocyanates is 1. The van der Waals surface area contributed by atoms with Crippen molar-refractivity contribution in [1.29, 1.82) is 0 Å². The Labute approximate surface area is 61.3 Å². The molecule has 0 spiro atoms. The number of hydrogen-bond donors (Lipinski definition) is 0. The zero-order valence-electron chi connectivity index (χ0n) is 6.34. The van der Waals surface area contributed by atoms with Crippen molar-refractivity contribution in [3.8, 4) is 0 Å². The SMILES string of the molecule is C[C@H]1CCCC[C@@H]1N=C=O. The number of nitrogens with zero attached hydrogens (tertiary/aromatic N) is 1. The van der Waals surface area contributed by atoms with E-state index in [1.807, 2.05) is 0 Å². The molecule has 0 heterocycles. The van der Waals surface area contributed by atoms with Crippen LogP contribution in [-0.2, 0) is 4.79 Å². The molecule has 0 unspecified atom stereocenters. The molecule has 2 atom stereocenters. The lowest BCUT2D eigenvalue weighted by atomic mass is 9.86. The molecule has 0 radical (unpaired) electrons. The predicted molar refractivity (Wildman–Crippen MR) is 39.5 cm³/mol. The minimum Gasteiger partial charge on any atom is -0.211 e. The van der Waals surface area contributed by atoms with Gasteiger partial charge >= 0.3 is 0 Å². The molecule has 0 aromatic rings. The van der Waals surface area contributed by atoms with Crippen molar-refractivity contribution in [3.63, 3.8) is 0 Å². The van der Waals surface area contributed by atoms with Gasteiger partial charge in [0.25, 0.3) is 0 Å². The highest BCUT2D eigenvalue weighted by molar-refractivity contribution is 5.33. The average molecular weight is 139 g/mol. The first kappa shape index (κ1) is 7.49. The van der Waals surface area contributed by atoms with E-state index >= 15 is 0 Å². The molecule has 0 N–H and O–H groups in total. The highest BCUT2D eigenvalue weighted by atomic mass is 16.1. The minimum absolute atomic E-state index is 0.270. The average Bonchev–Trinajstić information content (AvgIpc) is 1.94. The molecular weight excluding hydrogens is 126 g/mol. The summed E-state index contributed by atoms with van der Waals surface area (Å²) in [5, 5.41) is 0. The van der Waals surface area contributed by atoms with Gasteiger partial charge in [-0.15, -0.1) is 0 Å². The van der Waals surface area contributed by atoms with Gasteiger partial charge in [-0.1, -0.05) is 19.8 Å². The quantitative estimate of drug-likeness (QED) is 0.403. The summed E-state index contributed by atoms with van der Waals surface area (Å²) in [5.74, 6) is 0.593. The van der Waals surface area contributed by atoms with Crippen LogP contribution in [0.4, 0.5) is 0 Å². The lowest BCUT2D eigenvalue weighted by Crippen LogP contribution is -2.19. The van der Waals surface area contributed by atoms with Gasteiger partial charge in [0.15, 0.2) is 0 Å². The van der Waals surface area contributed by atoms with E-state index < -0.39 is 0 Å². The summed E-state index contributed by atoms with van der Waals surface area (Å²) in [6.07, 6.45) is 6.46. The molecule has 0 saturated heterocycles. The summed E-state index contributed by atoms with van der Waals surface area (Å²) >= 11 is 0. The van der Waals surface area contributed by atoms with Gasteiger partial charge in [0.2, 0.25) is 6.08 Å². The third-order valence-electron chi connectivity index (χ3n) is 2.28. The van der Waals surface area contributed by atoms with Crippen molar-refractivity contribution >= 4 is 6.08 Å². The second kappa shape index (κ2) is 3.52. The normalized spacial score (nSPS) is 32.9. The molecule has 0 aromatic heterocycles. The molecule has 10 heavy (non-hydrogen) atoms. The third-order valence-corrected chi connectivity index (χ3v) is 2.28. The number of carbonyl (C=O) groups excluding carboxylic acids is 1. The molecule has 1 aliphatic carbocycles. The van der Waals surface area contributed by atoms with Crippen molar-refractivity contribution in [1.82, 2.24) is 0 Å². The van der Waals surface area contributed by atoms with E-state index in [1.165, 1.54) is 19.3 Å². The van der Waals surface area contributed by atoms with Gasteiger partial charge in [-0.05, 0) is 18.8 Å². The van der Waals surface area contributed by atoms with Crippen molar-refractivity contribution in [3.05, 3.63) is 0 Å². The van der Waals surface area contributed by atoms with Crippen molar-refractivity contribution in [2.45, 2.75) is 38.6 Å². The van der Waals surface area contributed by atoms with E-state index in [4.69, 9.17) is 0 Å². The topological polar surface area (TPSA) is 29.4 Å². The summed E-state index contributed by atoms with van der Waals surface area (Å²) in [4.78, 5) is 13.7. The Morgan fingerprint density at radius 1 is 1.40 bits per heavy atom. The monoisotopic (exact) mass is 139 g/mol. The minimum atomic E-state index is 0.270. The maximum absolute atomic E-state index is 9.93. The van der Waals surface area contributed by atoms with Gasteiger partial charge in [0.05, 0.1) is 6.04 Å². The Kier molecular flexibility index (Phi) is 2.64. The highest BCUT2D eigenvalue weighted by Crippen LogP contribution is 2.25. The van der Waals surface area contributed by atoms with Crippen LogP contribution in [0.3, 0.4) is 0 Å². The molecule has 1 saturated carbocycles. The zero-order chi connectivity index (χ0) is 7.40. The van der Waals surface area contributed by atoms with Crippen LogP contribution in [0.15, 0.2) is 4.99 Å². The molecule has 1 rings (SSSR count). The van der Waals surface area contributed by atoms with Crippen LogP contribution in [0, 0.1) is 5.92 Å². The molecule has 0 aromatic carbocycles. The molecule has 56 valence electrons. The predicted octanol–water partition coefficient (Wildman–Crippen LogP) is 1.90. The number of rotatable bonds is 1.